The molecule has 4 rings (SSSR count). The fraction of sp³-hybridized carbons (Fsp3) is 0.261. The van der Waals surface area contributed by atoms with Gasteiger partial charge in [-0.1, -0.05) is 6.92 Å². The number of urea groups is 1. The molecule has 0 bridgehead atoms. The second kappa shape index (κ2) is 9.86. The summed E-state index contributed by atoms with van der Waals surface area (Å²) < 4.78 is 16.6. The molecule has 32 heavy (non-hydrogen) atoms. The van der Waals surface area contributed by atoms with Crippen LogP contribution in [0.15, 0.2) is 48.5 Å². The molecule has 2 amide bonds. The van der Waals surface area contributed by atoms with E-state index >= 15 is 0 Å². The molecule has 0 aliphatic carbocycles. The molecule has 0 spiro atoms. The lowest BCUT2D eigenvalue weighted by Crippen LogP contribution is -2.20. The van der Waals surface area contributed by atoms with Gasteiger partial charge in [-0.25, -0.2) is 9.78 Å². The van der Waals surface area contributed by atoms with E-state index in [1.807, 2.05) is 26.0 Å². The fourth-order valence-corrected chi connectivity index (χ4v) is 3.08. The molecule has 0 radical (unpaired) electrons. The summed E-state index contributed by atoms with van der Waals surface area (Å²) in [6.07, 6.45) is 0.905. The summed E-state index contributed by atoms with van der Waals surface area (Å²) in [7, 11) is 0. The average molecular weight is 435 g/mol. The van der Waals surface area contributed by atoms with Crippen molar-refractivity contribution in [3.63, 3.8) is 0 Å². The number of amides is 2. The number of nitrogens with zero attached hydrogens (tertiary/aromatic N) is 2. The molecule has 9 nitrogen and oxygen atoms in total. The summed E-state index contributed by atoms with van der Waals surface area (Å²) in [6.45, 7) is 5.47. The topological polar surface area (TPSA) is 107 Å². The van der Waals surface area contributed by atoms with E-state index in [2.05, 4.69) is 25.9 Å². The predicted molar refractivity (Wildman–Crippen MR) is 122 cm³/mol. The molecule has 0 atom stereocenters. The van der Waals surface area contributed by atoms with Gasteiger partial charge in [-0.3, -0.25) is 0 Å². The fourth-order valence-electron chi connectivity index (χ4n) is 3.08. The SMILES string of the molecule is CCCOc1cc(Nc2ccc(NC(=O)Nc3ccc4c(c3)OCCO4)cc2)nc(C)n1. The zero-order chi connectivity index (χ0) is 22.3. The van der Waals surface area contributed by atoms with Gasteiger partial charge < -0.3 is 30.2 Å². The number of carbonyl (C=O) groups is 1. The molecular formula is C23H25N5O4. The number of rotatable bonds is 7. The number of fused-ring (bicyclic) bond motifs is 1. The van der Waals surface area contributed by atoms with Gasteiger partial charge in [0.1, 0.15) is 24.9 Å². The Balaban J connectivity index is 1.34. The van der Waals surface area contributed by atoms with Gasteiger partial charge in [0.2, 0.25) is 5.88 Å². The van der Waals surface area contributed by atoms with Crippen LogP contribution in [-0.4, -0.2) is 35.8 Å². The lowest BCUT2D eigenvalue weighted by molar-refractivity contribution is 0.171. The van der Waals surface area contributed by atoms with Gasteiger partial charge in [0.25, 0.3) is 0 Å². The Hall–Kier alpha value is -4.01. The van der Waals surface area contributed by atoms with E-state index in [9.17, 15) is 4.79 Å². The van der Waals surface area contributed by atoms with Crippen LogP contribution in [-0.2, 0) is 0 Å². The number of aromatic nitrogens is 2. The maximum atomic E-state index is 12.3. The summed E-state index contributed by atoms with van der Waals surface area (Å²) in [5.74, 6) is 3.09. The van der Waals surface area contributed by atoms with E-state index in [1.165, 1.54) is 0 Å². The summed E-state index contributed by atoms with van der Waals surface area (Å²) >= 11 is 0. The lowest BCUT2D eigenvalue weighted by Gasteiger charge is -2.19. The number of aryl methyl sites for hydroxylation is 1. The monoisotopic (exact) mass is 435 g/mol. The van der Waals surface area contributed by atoms with E-state index in [0.717, 1.165) is 12.1 Å². The number of hydrogen-bond donors (Lipinski definition) is 3. The number of hydrogen-bond acceptors (Lipinski definition) is 7. The third-order valence-electron chi connectivity index (χ3n) is 4.48. The molecule has 2 heterocycles. The average Bonchev–Trinajstić information content (AvgIpc) is 2.78. The van der Waals surface area contributed by atoms with Crippen LogP contribution in [0.4, 0.5) is 27.7 Å². The molecule has 1 aliphatic heterocycles. The Morgan fingerprint density at radius 3 is 2.41 bits per heavy atom. The molecule has 1 aliphatic rings. The van der Waals surface area contributed by atoms with Crippen molar-refractivity contribution in [3.8, 4) is 17.4 Å². The van der Waals surface area contributed by atoms with E-state index in [-0.39, 0.29) is 6.03 Å². The molecule has 0 saturated heterocycles. The van der Waals surface area contributed by atoms with Crippen molar-refractivity contribution in [2.75, 3.05) is 35.8 Å². The van der Waals surface area contributed by atoms with Crippen LogP contribution >= 0.6 is 0 Å². The first-order chi connectivity index (χ1) is 15.6. The standard InChI is InChI=1S/C23H25N5O4/c1-3-10-32-22-14-21(24-15(2)25-22)26-16-4-6-17(7-5-16)27-23(29)28-18-8-9-19-20(13-18)31-12-11-30-19/h4-9,13-14H,3,10-12H2,1-2H3,(H,24,25,26)(H2,27,28,29). The number of carbonyl (C=O) groups excluding carboxylic acids is 1. The zero-order valence-electron chi connectivity index (χ0n) is 18.0. The maximum absolute atomic E-state index is 12.3. The van der Waals surface area contributed by atoms with Gasteiger partial charge in [0.05, 0.1) is 6.61 Å². The molecule has 166 valence electrons. The van der Waals surface area contributed by atoms with E-state index in [1.54, 1.807) is 36.4 Å². The first kappa shape index (κ1) is 21.2. The van der Waals surface area contributed by atoms with Crippen molar-refractivity contribution < 1.29 is 19.0 Å². The van der Waals surface area contributed by atoms with Gasteiger partial charge >= 0.3 is 6.03 Å². The predicted octanol–water partition coefficient (Wildman–Crippen LogP) is 4.73. The quantitative estimate of drug-likeness (QED) is 0.492. The molecule has 2 aromatic carbocycles. The first-order valence-electron chi connectivity index (χ1n) is 10.4. The van der Waals surface area contributed by atoms with Crippen LogP contribution in [0.25, 0.3) is 0 Å². The summed E-state index contributed by atoms with van der Waals surface area (Å²) in [6, 6.07) is 14.0. The minimum atomic E-state index is -0.355. The molecule has 1 aromatic heterocycles. The van der Waals surface area contributed by atoms with E-state index < -0.39 is 0 Å². The van der Waals surface area contributed by atoms with Crippen LogP contribution in [0.2, 0.25) is 0 Å². The van der Waals surface area contributed by atoms with E-state index in [0.29, 0.717) is 60.2 Å². The summed E-state index contributed by atoms with van der Waals surface area (Å²) in [5.41, 5.74) is 2.09. The summed E-state index contributed by atoms with van der Waals surface area (Å²) in [4.78, 5) is 21.0. The second-order valence-corrected chi connectivity index (χ2v) is 7.13. The molecule has 0 saturated carbocycles. The second-order valence-electron chi connectivity index (χ2n) is 7.13. The van der Waals surface area contributed by atoms with Gasteiger partial charge in [0, 0.05) is 29.2 Å². The third-order valence-corrected chi connectivity index (χ3v) is 4.48. The molecular weight excluding hydrogens is 410 g/mol. The van der Waals surface area contributed by atoms with Gasteiger partial charge in [-0.15, -0.1) is 0 Å². The Kier molecular flexibility index (Phi) is 6.54. The Morgan fingerprint density at radius 1 is 0.938 bits per heavy atom. The minimum Gasteiger partial charge on any atom is -0.486 e. The molecule has 9 heteroatoms. The van der Waals surface area contributed by atoms with E-state index in [4.69, 9.17) is 14.2 Å². The van der Waals surface area contributed by atoms with Crippen LogP contribution < -0.4 is 30.2 Å². The van der Waals surface area contributed by atoms with Crippen molar-refractivity contribution >= 4 is 28.9 Å². The highest BCUT2D eigenvalue weighted by atomic mass is 16.6. The highest BCUT2D eigenvalue weighted by Crippen LogP contribution is 2.32. The van der Waals surface area contributed by atoms with Gasteiger partial charge in [-0.2, -0.15) is 4.98 Å². The first-order valence-corrected chi connectivity index (χ1v) is 10.4. The van der Waals surface area contributed by atoms with Crippen molar-refractivity contribution in [2.45, 2.75) is 20.3 Å². The molecule has 0 fully saturated rings. The van der Waals surface area contributed by atoms with Crippen molar-refractivity contribution in [1.29, 1.82) is 0 Å². The van der Waals surface area contributed by atoms with Gasteiger partial charge in [-0.05, 0) is 49.7 Å². The maximum Gasteiger partial charge on any atom is 0.323 e. The number of anilines is 4. The Bertz CT molecular complexity index is 1090. The highest BCUT2D eigenvalue weighted by molar-refractivity contribution is 6.00. The van der Waals surface area contributed by atoms with Gasteiger partial charge in [0.15, 0.2) is 11.5 Å². The minimum absolute atomic E-state index is 0.355. The summed E-state index contributed by atoms with van der Waals surface area (Å²) in [5, 5.41) is 8.83. The van der Waals surface area contributed by atoms with Crippen LogP contribution in [0.5, 0.6) is 17.4 Å². The number of benzene rings is 2. The van der Waals surface area contributed by atoms with Crippen LogP contribution in [0.1, 0.15) is 19.2 Å². The van der Waals surface area contributed by atoms with Crippen molar-refractivity contribution in [3.05, 3.63) is 54.4 Å². The smallest absolute Gasteiger partial charge is 0.323 e. The lowest BCUT2D eigenvalue weighted by atomic mass is 10.2. The number of nitrogens with one attached hydrogen (secondary N) is 3. The van der Waals surface area contributed by atoms with Crippen molar-refractivity contribution in [1.82, 2.24) is 9.97 Å². The van der Waals surface area contributed by atoms with Crippen LogP contribution in [0, 0.1) is 6.92 Å². The normalized spacial score (nSPS) is 12.1. The van der Waals surface area contributed by atoms with Crippen LogP contribution in [0.3, 0.4) is 0 Å². The molecule has 0 unspecified atom stereocenters. The largest absolute Gasteiger partial charge is 0.486 e. The zero-order valence-corrected chi connectivity index (χ0v) is 18.0. The molecule has 3 N–H and O–H groups in total. The van der Waals surface area contributed by atoms with Crippen molar-refractivity contribution in [2.24, 2.45) is 0 Å². The third kappa shape index (κ3) is 5.57. The molecule has 3 aromatic rings. The Morgan fingerprint density at radius 2 is 1.62 bits per heavy atom. The highest BCUT2D eigenvalue weighted by Gasteiger charge is 2.13. The number of ether oxygens (including phenoxy) is 3. The Labute approximate surface area is 186 Å².